The first-order chi connectivity index (χ1) is 16.3. The van der Waals surface area contributed by atoms with Crippen molar-refractivity contribution in [2.75, 3.05) is 0 Å². The zero-order chi connectivity index (χ0) is 25.5. The molecule has 2 aromatic heterocycles. The van der Waals surface area contributed by atoms with E-state index < -0.39 is 5.97 Å². The maximum atomic E-state index is 11.1. The Hall–Kier alpha value is -3.94. The molecule has 0 saturated carbocycles. The van der Waals surface area contributed by atoms with E-state index in [1.807, 2.05) is 12.1 Å². The lowest BCUT2D eigenvalue weighted by molar-refractivity contribution is 0.0697. The van der Waals surface area contributed by atoms with Crippen LogP contribution in [-0.4, -0.2) is 36.1 Å². The average Bonchev–Trinajstić information content (AvgIpc) is 3.25. The van der Waals surface area contributed by atoms with E-state index in [0.717, 1.165) is 22.3 Å². The summed E-state index contributed by atoms with van der Waals surface area (Å²) in [6.45, 7) is 12.5. The number of imidazole rings is 1. The smallest absolute Gasteiger partial charge is 0.335 e. The summed E-state index contributed by atoms with van der Waals surface area (Å²) in [4.78, 5) is 27.8. The summed E-state index contributed by atoms with van der Waals surface area (Å²) in [6.07, 6.45) is 1.54. The van der Waals surface area contributed by atoms with Gasteiger partial charge in [0.1, 0.15) is 17.9 Å². The van der Waals surface area contributed by atoms with Crippen molar-refractivity contribution in [1.82, 2.24) is 19.9 Å². The van der Waals surface area contributed by atoms with Gasteiger partial charge in [-0.25, -0.2) is 14.8 Å². The molecule has 182 valence electrons. The predicted molar refractivity (Wildman–Crippen MR) is 134 cm³/mol. The Labute approximate surface area is 204 Å². The first-order valence-corrected chi connectivity index (χ1v) is 11.4. The first-order valence-electron chi connectivity index (χ1n) is 11.4. The van der Waals surface area contributed by atoms with Crippen LogP contribution in [0.3, 0.4) is 0 Å². The molecule has 0 spiro atoms. The number of carbonyl (C=O) groups is 1. The lowest BCUT2D eigenvalue weighted by Crippen LogP contribution is -2.17. The molecule has 0 saturated heterocycles. The van der Waals surface area contributed by atoms with Crippen molar-refractivity contribution in [3.05, 3.63) is 65.0 Å². The molecule has 0 radical (unpaired) electrons. The number of aromatic nitrogens is 4. The summed E-state index contributed by atoms with van der Waals surface area (Å²) in [7, 11) is 0. The Morgan fingerprint density at radius 3 is 2.11 bits per heavy atom. The highest BCUT2D eigenvalue weighted by molar-refractivity contribution is 5.87. The van der Waals surface area contributed by atoms with E-state index in [1.54, 1.807) is 12.1 Å². The highest BCUT2D eigenvalue weighted by Gasteiger charge is 2.27. The maximum Gasteiger partial charge on any atom is 0.335 e. The summed E-state index contributed by atoms with van der Waals surface area (Å²) in [5.74, 6) is 0.0930. The number of nitrogens with one attached hydrogen (secondary N) is 1. The fraction of sp³-hybridized carbons (Fsp3) is 0.333. The first kappa shape index (κ1) is 24.2. The Morgan fingerprint density at radius 1 is 0.971 bits per heavy atom. The minimum Gasteiger partial charge on any atom is -0.507 e. The number of hydrogen-bond donors (Lipinski definition) is 3. The quantitative estimate of drug-likeness (QED) is 0.344. The number of aromatic hydroxyl groups is 1. The summed E-state index contributed by atoms with van der Waals surface area (Å²) in [5.41, 5.74) is 3.85. The molecule has 2 heterocycles. The average molecular weight is 475 g/mol. The number of carboxylic acids is 1. The van der Waals surface area contributed by atoms with Gasteiger partial charge < -0.3 is 19.9 Å². The van der Waals surface area contributed by atoms with Gasteiger partial charge >= 0.3 is 5.97 Å². The van der Waals surface area contributed by atoms with Crippen molar-refractivity contribution in [3.8, 4) is 23.0 Å². The molecule has 0 aliphatic carbocycles. The SMILES string of the molecule is CC(C)(C)c1cc(-c2nc(OCc3ccc(C(=O)O)cc3)c3[nH]cnc3n2)cc(C(C)(C)C)c1O. The normalized spacial score (nSPS) is 12.2. The van der Waals surface area contributed by atoms with E-state index in [-0.39, 0.29) is 28.7 Å². The number of aromatic carboxylic acids is 1. The van der Waals surface area contributed by atoms with Crippen LogP contribution in [0, 0.1) is 0 Å². The topological polar surface area (TPSA) is 121 Å². The molecule has 0 bridgehead atoms. The van der Waals surface area contributed by atoms with Crippen LogP contribution in [0.15, 0.2) is 42.7 Å². The van der Waals surface area contributed by atoms with Crippen LogP contribution >= 0.6 is 0 Å². The van der Waals surface area contributed by atoms with Crippen LogP contribution in [0.1, 0.15) is 68.6 Å². The molecule has 8 heteroatoms. The third kappa shape index (κ3) is 4.96. The zero-order valence-corrected chi connectivity index (χ0v) is 20.8. The van der Waals surface area contributed by atoms with E-state index in [4.69, 9.17) is 14.8 Å². The van der Waals surface area contributed by atoms with Crippen LogP contribution in [0.25, 0.3) is 22.6 Å². The molecule has 0 fully saturated rings. The second-order valence-corrected chi connectivity index (χ2v) is 10.7. The molecule has 3 N–H and O–H groups in total. The molecule has 4 rings (SSSR count). The molecule has 8 nitrogen and oxygen atoms in total. The third-order valence-electron chi connectivity index (χ3n) is 5.81. The Balaban J connectivity index is 1.77. The molecule has 0 amide bonds. The summed E-state index contributed by atoms with van der Waals surface area (Å²) in [6, 6.07) is 10.3. The van der Waals surface area contributed by atoms with Gasteiger partial charge in [-0.2, -0.15) is 4.98 Å². The van der Waals surface area contributed by atoms with Gasteiger partial charge in [-0.15, -0.1) is 0 Å². The summed E-state index contributed by atoms with van der Waals surface area (Å²) < 4.78 is 6.03. The highest BCUT2D eigenvalue weighted by atomic mass is 16.5. The molecule has 35 heavy (non-hydrogen) atoms. The molecule has 0 atom stereocenters. The molecule has 0 aliphatic rings. The molecular formula is C27H30N4O4. The minimum absolute atomic E-state index is 0.195. The number of H-pyrrole nitrogens is 1. The van der Waals surface area contributed by atoms with Crippen molar-refractivity contribution in [1.29, 1.82) is 0 Å². The van der Waals surface area contributed by atoms with Crippen molar-refractivity contribution < 1.29 is 19.7 Å². The van der Waals surface area contributed by atoms with E-state index in [1.165, 1.54) is 18.5 Å². The standard InChI is InChI=1S/C27H30N4O4/c1-26(2,3)18-11-17(12-19(21(18)32)27(4,5)6)22-30-23-20(28-14-29-23)24(31-22)35-13-15-7-9-16(10-8-15)25(33)34/h7-12,14,32H,13H2,1-6H3,(H,33,34)(H,28,29,30,31). The van der Waals surface area contributed by atoms with E-state index in [9.17, 15) is 9.90 Å². The van der Waals surface area contributed by atoms with Crippen molar-refractivity contribution >= 4 is 17.1 Å². The van der Waals surface area contributed by atoms with E-state index in [0.29, 0.717) is 22.9 Å². The number of fused-ring (bicyclic) bond motifs is 1. The Morgan fingerprint density at radius 2 is 1.57 bits per heavy atom. The van der Waals surface area contributed by atoms with Crippen molar-refractivity contribution in [2.45, 2.75) is 59.0 Å². The number of nitrogens with zero attached hydrogens (tertiary/aromatic N) is 3. The number of aromatic amines is 1. The zero-order valence-electron chi connectivity index (χ0n) is 20.8. The van der Waals surface area contributed by atoms with Gasteiger partial charge in [0, 0.05) is 16.7 Å². The number of ether oxygens (including phenoxy) is 1. The molecule has 2 aromatic carbocycles. The van der Waals surface area contributed by atoms with E-state index >= 15 is 0 Å². The Bertz CT molecular complexity index is 1360. The monoisotopic (exact) mass is 474 g/mol. The van der Waals surface area contributed by atoms with Gasteiger partial charge in [-0.05, 0) is 40.7 Å². The largest absolute Gasteiger partial charge is 0.507 e. The molecule has 0 aliphatic heterocycles. The Kier molecular flexibility index (Phi) is 6.00. The third-order valence-corrected chi connectivity index (χ3v) is 5.81. The van der Waals surface area contributed by atoms with Gasteiger partial charge in [0.2, 0.25) is 5.88 Å². The second-order valence-electron chi connectivity index (χ2n) is 10.7. The highest BCUT2D eigenvalue weighted by Crippen LogP contribution is 2.41. The maximum absolute atomic E-state index is 11.1. The van der Waals surface area contributed by atoms with Crippen molar-refractivity contribution in [3.63, 3.8) is 0 Å². The number of phenols is 1. The predicted octanol–water partition coefficient (Wildman–Crippen LogP) is 5.60. The second kappa shape index (κ2) is 8.69. The van der Waals surface area contributed by atoms with Crippen LogP contribution in [-0.2, 0) is 17.4 Å². The number of carboxylic acid groups (broad SMARTS) is 1. The molecular weight excluding hydrogens is 444 g/mol. The van der Waals surface area contributed by atoms with Gasteiger partial charge in [0.15, 0.2) is 11.5 Å². The van der Waals surface area contributed by atoms with Crippen LogP contribution < -0.4 is 4.74 Å². The fourth-order valence-corrected chi connectivity index (χ4v) is 3.84. The summed E-state index contributed by atoms with van der Waals surface area (Å²) in [5, 5.41) is 20.2. The number of rotatable bonds is 5. The minimum atomic E-state index is -0.977. The fourth-order valence-electron chi connectivity index (χ4n) is 3.84. The van der Waals surface area contributed by atoms with Gasteiger partial charge in [-0.3, -0.25) is 0 Å². The van der Waals surface area contributed by atoms with Crippen molar-refractivity contribution in [2.24, 2.45) is 0 Å². The van der Waals surface area contributed by atoms with Gasteiger partial charge in [0.05, 0.1) is 11.9 Å². The van der Waals surface area contributed by atoms with Crippen LogP contribution in [0.2, 0.25) is 0 Å². The number of phenolic OH excluding ortho intramolecular Hbond substituents is 1. The van der Waals surface area contributed by atoms with Crippen LogP contribution in [0.5, 0.6) is 11.6 Å². The molecule has 4 aromatic rings. The lowest BCUT2D eigenvalue weighted by atomic mass is 9.78. The molecule has 0 unspecified atom stereocenters. The van der Waals surface area contributed by atoms with Crippen LogP contribution in [0.4, 0.5) is 0 Å². The summed E-state index contributed by atoms with van der Waals surface area (Å²) >= 11 is 0. The van der Waals surface area contributed by atoms with Gasteiger partial charge in [0.25, 0.3) is 0 Å². The lowest BCUT2D eigenvalue weighted by Gasteiger charge is -2.28. The van der Waals surface area contributed by atoms with Gasteiger partial charge in [-0.1, -0.05) is 53.7 Å². The van der Waals surface area contributed by atoms with E-state index in [2.05, 4.69) is 56.5 Å². The number of benzene rings is 2. The number of hydrogen-bond acceptors (Lipinski definition) is 6.